The van der Waals surface area contributed by atoms with E-state index in [1.165, 1.54) is 64.2 Å². The standard InChI is InChI=1S/C20H40O4/c1-2-19(18-22)24-20(23)16-14-12-10-8-6-4-3-5-7-9-11-13-15-17-21/h19,21-22H,2-18H2,1H3. The number of carbonyl (C=O) groups is 1. The Hall–Kier alpha value is -0.610. The predicted molar refractivity (Wildman–Crippen MR) is 99.0 cm³/mol. The van der Waals surface area contributed by atoms with E-state index in [-0.39, 0.29) is 18.7 Å². The van der Waals surface area contributed by atoms with Crippen LogP contribution in [0.15, 0.2) is 0 Å². The first-order valence-electron chi connectivity index (χ1n) is 10.2. The molecule has 0 aromatic rings. The zero-order valence-electron chi connectivity index (χ0n) is 15.8. The van der Waals surface area contributed by atoms with Crippen molar-refractivity contribution in [1.29, 1.82) is 0 Å². The van der Waals surface area contributed by atoms with Gasteiger partial charge in [0, 0.05) is 13.0 Å². The molecule has 0 rings (SSSR count). The Morgan fingerprint density at radius 2 is 1.17 bits per heavy atom. The average molecular weight is 345 g/mol. The molecule has 0 saturated heterocycles. The Kier molecular flexibility index (Phi) is 18.2. The highest BCUT2D eigenvalue weighted by molar-refractivity contribution is 5.69. The van der Waals surface area contributed by atoms with Gasteiger partial charge in [-0.25, -0.2) is 0 Å². The maximum Gasteiger partial charge on any atom is 0.306 e. The third kappa shape index (κ3) is 16.3. The van der Waals surface area contributed by atoms with E-state index in [4.69, 9.17) is 14.9 Å². The van der Waals surface area contributed by atoms with Crippen molar-refractivity contribution in [2.75, 3.05) is 13.2 Å². The van der Waals surface area contributed by atoms with Crippen LogP contribution in [0.4, 0.5) is 0 Å². The van der Waals surface area contributed by atoms with Crippen LogP contribution in [0.5, 0.6) is 0 Å². The molecule has 0 amide bonds. The number of unbranched alkanes of at least 4 members (excludes halogenated alkanes) is 12. The van der Waals surface area contributed by atoms with Crippen molar-refractivity contribution >= 4 is 5.97 Å². The summed E-state index contributed by atoms with van der Waals surface area (Å²) in [7, 11) is 0. The molecule has 24 heavy (non-hydrogen) atoms. The SMILES string of the molecule is CCC(CO)OC(=O)CCCCCCCCCCCCCCCO. The molecule has 0 fully saturated rings. The first-order chi connectivity index (χ1) is 11.7. The summed E-state index contributed by atoms with van der Waals surface area (Å²) in [6, 6.07) is 0. The number of aliphatic hydroxyl groups excluding tert-OH is 2. The molecule has 0 aliphatic rings. The van der Waals surface area contributed by atoms with E-state index < -0.39 is 0 Å². The molecule has 1 atom stereocenters. The Bertz CT molecular complexity index is 264. The molecule has 4 heteroatoms. The summed E-state index contributed by atoms with van der Waals surface area (Å²) >= 11 is 0. The topological polar surface area (TPSA) is 66.8 Å². The van der Waals surface area contributed by atoms with Crippen molar-refractivity contribution in [3.05, 3.63) is 0 Å². The summed E-state index contributed by atoms with van der Waals surface area (Å²) < 4.78 is 5.16. The minimum atomic E-state index is -0.327. The normalized spacial score (nSPS) is 12.3. The summed E-state index contributed by atoms with van der Waals surface area (Å²) in [6.45, 7) is 2.17. The second-order valence-electron chi connectivity index (χ2n) is 6.77. The molecule has 0 heterocycles. The number of ether oxygens (including phenoxy) is 1. The van der Waals surface area contributed by atoms with E-state index in [1.807, 2.05) is 6.92 Å². The molecular formula is C20H40O4. The Morgan fingerprint density at radius 3 is 1.54 bits per heavy atom. The van der Waals surface area contributed by atoms with Gasteiger partial charge in [-0.1, -0.05) is 77.6 Å². The fraction of sp³-hybridized carbons (Fsp3) is 0.950. The van der Waals surface area contributed by atoms with Crippen molar-refractivity contribution in [2.24, 2.45) is 0 Å². The molecule has 0 aromatic carbocycles. The second-order valence-corrected chi connectivity index (χ2v) is 6.77. The summed E-state index contributed by atoms with van der Waals surface area (Å²) in [5, 5.41) is 17.7. The average Bonchev–Trinajstić information content (AvgIpc) is 2.60. The van der Waals surface area contributed by atoms with Crippen LogP contribution >= 0.6 is 0 Å². The monoisotopic (exact) mass is 344 g/mol. The lowest BCUT2D eigenvalue weighted by Crippen LogP contribution is -2.20. The van der Waals surface area contributed by atoms with Crippen LogP contribution in [-0.2, 0) is 9.53 Å². The third-order valence-corrected chi connectivity index (χ3v) is 4.50. The Labute approximate surface area is 149 Å². The van der Waals surface area contributed by atoms with Crippen LogP contribution in [0.1, 0.15) is 103 Å². The summed E-state index contributed by atoms with van der Waals surface area (Å²) in [6.07, 6.45) is 16.6. The number of hydrogen-bond acceptors (Lipinski definition) is 4. The maximum absolute atomic E-state index is 11.5. The number of esters is 1. The van der Waals surface area contributed by atoms with Gasteiger partial charge in [0.15, 0.2) is 0 Å². The zero-order chi connectivity index (χ0) is 17.9. The van der Waals surface area contributed by atoms with E-state index in [1.54, 1.807) is 0 Å². The van der Waals surface area contributed by atoms with Crippen LogP contribution in [0.2, 0.25) is 0 Å². The molecule has 0 aromatic heterocycles. The molecule has 0 aliphatic carbocycles. The van der Waals surface area contributed by atoms with Gasteiger partial charge in [0.1, 0.15) is 6.10 Å². The van der Waals surface area contributed by atoms with Crippen molar-refractivity contribution < 1.29 is 19.7 Å². The Balaban J connectivity index is 3.18. The van der Waals surface area contributed by atoms with Gasteiger partial charge in [0.2, 0.25) is 0 Å². The maximum atomic E-state index is 11.5. The van der Waals surface area contributed by atoms with Crippen LogP contribution in [-0.4, -0.2) is 35.5 Å². The lowest BCUT2D eigenvalue weighted by atomic mass is 10.0. The van der Waals surface area contributed by atoms with Gasteiger partial charge < -0.3 is 14.9 Å². The quantitative estimate of drug-likeness (QED) is 0.278. The van der Waals surface area contributed by atoms with Gasteiger partial charge in [-0.15, -0.1) is 0 Å². The molecule has 1 unspecified atom stereocenters. The number of carbonyl (C=O) groups excluding carboxylic acids is 1. The molecule has 4 nitrogen and oxygen atoms in total. The molecule has 144 valence electrons. The van der Waals surface area contributed by atoms with Gasteiger partial charge >= 0.3 is 5.97 Å². The molecule has 0 bridgehead atoms. The van der Waals surface area contributed by atoms with Crippen molar-refractivity contribution in [3.63, 3.8) is 0 Å². The van der Waals surface area contributed by atoms with Gasteiger partial charge in [0.05, 0.1) is 6.61 Å². The number of hydrogen-bond donors (Lipinski definition) is 2. The highest BCUT2D eigenvalue weighted by Crippen LogP contribution is 2.13. The lowest BCUT2D eigenvalue weighted by Gasteiger charge is -2.12. The summed E-state index contributed by atoms with van der Waals surface area (Å²) in [5.41, 5.74) is 0. The minimum absolute atomic E-state index is 0.0785. The first-order valence-corrected chi connectivity index (χ1v) is 10.2. The van der Waals surface area contributed by atoms with Gasteiger partial charge in [0.25, 0.3) is 0 Å². The van der Waals surface area contributed by atoms with Crippen molar-refractivity contribution in [1.82, 2.24) is 0 Å². The van der Waals surface area contributed by atoms with Crippen LogP contribution in [0, 0.1) is 0 Å². The fourth-order valence-corrected chi connectivity index (χ4v) is 2.82. The van der Waals surface area contributed by atoms with E-state index in [9.17, 15) is 4.79 Å². The highest BCUT2D eigenvalue weighted by Gasteiger charge is 2.10. The van der Waals surface area contributed by atoms with E-state index in [0.717, 1.165) is 19.3 Å². The van der Waals surface area contributed by atoms with Crippen molar-refractivity contribution in [2.45, 2.75) is 109 Å². The molecule has 0 radical (unpaired) electrons. The molecule has 0 spiro atoms. The van der Waals surface area contributed by atoms with Crippen LogP contribution in [0.3, 0.4) is 0 Å². The molecule has 0 aliphatic heterocycles. The van der Waals surface area contributed by atoms with E-state index >= 15 is 0 Å². The van der Waals surface area contributed by atoms with Gasteiger partial charge in [-0.3, -0.25) is 4.79 Å². The first kappa shape index (κ1) is 23.4. The second kappa shape index (κ2) is 18.7. The highest BCUT2D eigenvalue weighted by atomic mass is 16.5. The van der Waals surface area contributed by atoms with E-state index in [0.29, 0.717) is 19.4 Å². The lowest BCUT2D eigenvalue weighted by molar-refractivity contribution is -0.151. The zero-order valence-corrected chi connectivity index (χ0v) is 15.8. The predicted octanol–water partition coefficient (Wildman–Crippen LogP) is 4.75. The van der Waals surface area contributed by atoms with Crippen LogP contribution < -0.4 is 0 Å². The Morgan fingerprint density at radius 1 is 0.750 bits per heavy atom. The largest absolute Gasteiger partial charge is 0.460 e. The summed E-state index contributed by atoms with van der Waals surface area (Å²) in [5.74, 6) is -0.171. The smallest absolute Gasteiger partial charge is 0.306 e. The fourth-order valence-electron chi connectivity index (χ4n) is 2.82. The molecule has 2 N–H and O–H groups in total. The van der Waals surface area contributed by atoms with Crippen LogP contribution in [0.25, 0.3) is 0 Å². The van der Waals surface area contributed by atoms with Gasteiger partial charge in [-0.05, 0) is 19.3 Å². The van der Waals surface area contributed by atoms with Gasteiger partial charge in [-0.2, -0.15) is 0 Å². The van der Waals surface area contributed by atoms with E-state index in [2.05, 4.69) is 0 Å². The molecule has 0 saturated carbocycles. The number of aliphatic hydroxyl groups is 2. The third-order valence-electron chi connectivity index (χ3n) is 4.50. The van der Waals surface area contributed by atoms with Crippen molar-refractivity contribution in [3.8, 4) is 0 Å². The molecular weight excluding hydrogens is 304 g/mol. The minimum Gasteiger partial charge on any atom is -0.460 e. The summed E-state index contributed by atoms with van der Waals surface area (Å²) in [4.78, 5) is 11.5. The number of rotatable bonds is 18.